The Labute approximate surface area is 160 Å². The minimum Gasteiger partial charge on any atom is -0.497 e. The first kappa shape index (κ1) is 18.8. The summed E-state index contributed by atoms with van der Waals surface area (Å²) in [4.78, 5) is 27.4. The maximum absolute atomic E-state index is 12.8. The number of amides is 1. The molecule has 0 aliphatic rings. The van der Waals surface area contributed by atoms with Gasteiger partial charge >= 0.3 is 0 Å². The number of carbonyl (C=O) groups excluding carboxylic acids is 1. The van der Waals surface area contributed by atoms with E-state index in [2.05, 4.69) is 10.3 Å². The zero-order chi connectivity index (χ0) is 20.1. The molecule has 0 spiro atoms. The summed E-state index contributed by atoms with van der Waals surface area (Å²) in [5, 5.41) is 13.8. The molecular formula is C20H17N3O5. The third-order valence-electron chi connectivity index (χ3n) is 3.86. The fourth-order valence-corrected chi connectivity index (χ4v) is 2.49. The maximum Gasteiger partial charge on any atom is 0.270 e. The third kappa shape index (κ3) is 4.42. The van der Waals surface area contributed by atoms with Crippen molar-refractivity contribution in [2.45, 2.75) is 6.92 Å². The molecule has 0 saturated heterocycles. The van der Waals surface area contributed by atoms with Crippen molar-refractivity contribution in [2.24, 2.45) is 0 Å². The average molecular weight is 379 g/mol. The number of carbonyl (C=O) groups is 1. The van der Waals surface area contributed by atoms with Crippen LogP contribution in [0.2, 0.25) is 0 Å². The highest BCUT2D eigenvalue weighted by atomic mass is 16.6. The number of aryl methyl sites for hydroxylation is 1. The van der Waals surface area contributed by atoms with E-state index in [0.29, 0.717) is 17.2 Å². The second kappa shape index (κ2) is 8.17. The van der Waals surface area contributed by atoms with Crippen LogP contribution in [0.3, 0.4) is 0 Å². The van der Waals surface area contributed by atoms with Crippen LogP contribution in [0.5, 0.6) is 17.2 Å². The van der Waals surface area contributed by atoms with Gasteiger partial charge in [-0.2, -0.15) is 0 Å². The topological polar surface area (TPSA) is 104 Å². The van der Waals surface area contributed by atoms with Gasteiger partial charge in [-0.15, -0.1) is 0 Å². The number of aromatic nitrogens is 1. The Morgan fingerprint density at radius 1 is 1.07 bits per heavy atom. The van der Waals surface area contributed by atoms with E-state index in [9.17, 15) is 14.9 Å². The molecule has 0 aliphatic heterocycles. The van der Waals surface area contributed by atoms with Crippen LogP contribution < -0.4 is 14.8 Å². The zero-order valence-corrected chi connectivity index (χ0v) is 15.2. The Hall–Kier alpha value is -3.94. The number of rotatable bonds is 6. The molecule has 0 bridgehead atoms. The number of pyridine rings is 1. The minimum atomic E-state index is -0.565. The van der Waals surface area contributed by atoms with Crippen molar-refractivity contribution < 1.29 is 19.2 Å². The molecule has 1 N–H and O–H groups in total. The lowest BCUT2D eigenvalue weighted by Crippen LogP contribution is -2.13. The highest BCUT2D eigenvalue weighted by Gasteiger charge is 2.19. The van der Waals surface area contributed by atoms with Crippen LogP contribution in [-0.2, 0) is 0 Å². The van der Waals surface area contributed by atoms with E-state index in [1.807, 2.05) is 0 Å². The number of nitrogens with one attached hydrogen (secondary N) is 1. The van der Waals surface area contributed by atoms with E-state index in [0.717, 1.165) is 5.69 Å². The number of hydrogen-bond donors (Lipinski definition) is 1. The monoisotopic (exact) mass is 379 g/mol. The van der Waals surface area contributed by atoms with E-state index < -0.39 is 10.8 Å². The Morgan fingerprint density at radius 2 is 1.79 bits per heavy atom. The van der Waals surface area contributed by atoms with Crippen molar-refractivity contribution in [3.05, 3.63) is 82.2 Å². The summed E-state index contributed by atoms with van der Waals surface area (Å²) in [6.07, 6.45) is 1.56. The van der Waals surface area contributed by atoms with Gasteiger partial charge in [0.2, 0.25) is 0 Å². The van der Waals surface area contributed by atoms with Crippen LogP contribution in [0.4, 0.5) is 11.4 Å². The smallest absolute Gasteiger partial charge is 0.270 e. The first-order chi connectivity index (χ1) is 13.5. The molecule has 1 aromatic heterocycles. The quantitative estimate of drug-likeness (QED) is 0.504. The molecule has 142 valence electrons. The molecule has 28 heavy (non-hydrogen) atoms. The predicted molar refractivity (Wildman–Crippen MR) is 103 cm³/mol. The summed E-state index contributed by atoms with van der Waals surface area (Å²) in [6, 6.07) is 14.0. The molecule has 0 saturated carbocycles. The lowest BCUT2D eigenvalue weighted by Gasteiger charge is -2.12. The van der Waals surface area contributed by atoms with Crippen LogP contribution in [0.25, 0.3) is 0 Å². The number of nitrogens with zero attached hydrogens (tertiary/aromatic N) is 2. The van der Waals surface area contributed by atoms with Crippen LogP contribution in [-0.4, -0.2) is 22.9 Å². The zero-order valence-electron chi connectivity index (χ0n) is 15.2. The summed E-state index contributed by atoms with van der Waals surface area (Å²) in [7, 11) is 1.55. The fourth-order valence-electron chi connectivity index (χ4n) is 2.49. The number of hydrogen-bond acceptors (Lipinski definition) is 6. The van der Waals surface area contributed by atoms with Gasteiger partial charge in [0.05, 0.1) is 17.6 Å². The lowest BCUT2D eigenvalue weighted by molar-refractivity contribution is -0.384. The Morgan fingerprint density at radius 3 is 2.43 bits per heavy atom. The molecule has 8 nitrogen and oxygen atoms in total. The van der Waals surface area contributed by atoms with Crippen molar-refractivity contribution in [2.75, 3.05) is 12.4 Å². The van der Waals surface area contributed by atoms with E-state index in [-0.39, 0.29) is 17.0 Å². The van der Waals surface area contributed by atoms with Crippen LogP contribution in [0.1, 0.15) is 16.1 Å². The summed E-state index contributed by atoms with van der Waals surface area (Å²) >= 11 is 0. The van der Waals surface area contributed by atoms with Crippen molar-refractivity contribution in [1.29, 1.82) is 0 Å². The Kier molecular flexibility index (Phi) is 5.50. The molecular weight excluding hydrogens is 362 g/mol. The standard InChI is InChI=1S/C20H17N3O5/c1-13-11-14(9-10-21-13)22-20(24)18-12-15(23(25)26)3-8-19(18)28-17-6-4-16(27-2)5-7-17/h3-12H,1-2H3,(H,21,22,24). The molecule has 3 rings (SSSR count). The highest BCUT2D eigenvalue weighted by Crippen LogP contribution is 2.30. The van der Waals surface area contributed by atoms with Gasteiger partial charge in [-0.3, -0.25) is 19.9 Å². The molecule has 0 fully saturated rings. The molecule has 0 radical (unpaired) electrons. The predicted octanol–water partition coefficient (Wildman–Crippen LogP) is 4.35. The molecule has 1 amide bonds. The van der Waals surface area contributed by atoms with Crippen LogP contribution in [0, 0.1) is 17.0 Å². The van der Waals surface area contributed by atoms with Gasteiger partial charge in [0, 0.05) is 29.7 Å². The number of non-ortho nitro benzene ring substituents is 1. The van der Waals surface area contributed by atoms with E-state index >= 15 is 0 Å². The number of methoxy groups -OCH3 is 1. The SMILES string of the molecule is COc1ccc(Oc2ccc([N+](=O)[O-])cc2C(=O)Nc2ccnc(C)c2)cc1. The van der Waals surface area contributed by atoms with Gasteiger partial charge in [-0.25, -0.2) is 0 Å². The van der Waals surface area contributed by atoms with Gasteiger partial charge < -0.3 is 14.8 Å². The van der Waals surface area contributed by atoms with Crippen molar-refractivity contribution in [3.63, 3.8) is 0 Å². The Balaban J connectivity index is 1.92. The van der Waals surface area contributed by atoms with Gasteiger partial charge in [-0.1, -0.05) is 0 Å². The van der Waals surface area contributed by atoms with E-state index in [1.165, 1.54) is 18.2 Å². The summed E-state index contributed by atoms with van der Waals surface area (Å²) < 4.78 is 10.9. The van der Waals surface area contributed by atoms with Gasteiger partial charge in [0.25, 0.3) is 11.6 Å². The lowest BCUT2D eigenvalue weighted by atomic mass is 10.1. The van der Waals surface area contributed by atoms with Crippen LogP contribution in [0.15, 0.2) is 60.8 Å². The largest absolute Gasteiger partial charge is 0.497 e. The second-order valence-corrected chi connectivity index (χ2v) is 5.86. The maximum atomic E-state index is 12.8. The van der Waals surface area contributed by atoms with E-state index in [1.54, 1.807) is 56.6 Å². The van der Waals surface area contributed by atoms with Gasteiger partial charge in [0.15, 0.2) is 0 Å². The molecule has 3 aromatic rings. The molecule has 0 atom stereocenters. The van der Waals surface area contributed by atoms with Crippen LogP contribution >= 0.6 is 0 Å². The molecule has 8 heteroatoms. The molecule has 2 aromatic carbocycles. The summed E-state index contributed by atoms with van der Waals surface area (Å²) in [5.74, 6) is 0.780. The summed E-state index contributed by atoms with van der Waals surface area (Å²) in [5.41, 5.74) is 1.09. The molecule has 1 heterocycles. The van der Waals surface area contributed by atoms with Crippen molar-refractivity contribution in [3.8, 4) is 17.2 Å². The summed E-state index contributed by atoms with van der Waals surface area (Å²) in [6.45, 7) is 1.79. The first-order valence-corrected chi connectivity index (χ1v) is 8.30. The first-order valence-electron chi connectivity index (χ1n) is 8.30. The second-order valence-electron chi connectivity index (χ2n) is 5.86. The average Bonchev–Trinajstić information content (AvgIpc) is 2.68. The number of nitro benzene ring substituents is 1. The fraction of sp³-hybridized carbons (Fsp3) is 0.100. The highest BCUT2D eigenvalue weighted by molar-refractivity contribution is 6.06. The van der Waals surface area contributed by atoms with Gasteiger partial charge in [0.1, 0.15) is 17.2 Å². The van der Waals surface area contributed by atoms with Crippen molar-refractivity contribution >= 4 is 17.3 Å². The van der Waals surface area contributed by atoms with E-state index in [4.69, 9.17) is 9.47 Å². The molecule has 0 aliphatic carbocycles. The minimum absolute atomic E-state index is 0.0412. The number of nitro groups is 1. The Bertz CT molecular complexity index is 1020. The third-order valence-corrected chi connectivity index (χ3v) is 3.86. The number of benzene rings is 2. The number of ether oxygens (including phenoxy) is 2. The number of anilines is 1. The normalized spacial score (nSPS) is 10.2. The van der Waals surface area contributed by atoms with Crippen molar-refractivity contribution in [1.82, 2.24) is 4.98 Å². The van der Waals surface area contributed by atoms with Gasteiger partial charge in [-0.05, 0) is 49.4 Å². The molecule has 0 unspecified atom stereocenters.